The summed E-state index contributed by atoms with van der Waals surface area (Å²) in [6.45, 7) is 13.9. The molecule has 0 saturated carbocycles. The normalized spacial score (nSPS) is 12.9. The summed E-state index contributed by atoms with van der Waals surface area (Å²) in [5.74, 6) is 1.10. The molecule has 0 radical (unpaired) electrons. The third-order valence-electron chi connectivity index (χ3n) is 7.32. The van der Waals surface area contributed by atoms with Gasteiger partial charge in [0.2, 0.25) is 0 Å². The molecule has 2 heterocycles. The maximum absolute atomic E-state index is 13.8. The fourth-order valence-corrected chi connectivity index (χ4v) is 5.18. The molecule has 40 heavy (non-hydrogen) atoms. The van der Waals surface area contributed by atoms with Crippen molar-refractivity contribution >= 4 is 10.9 Å². The molecule has 0 amide bonds. The Kier molecular flexibility index (Phi) is 7.68. The van der Waals surface area contributed by atoms with Gasteiger partial charge in [-0.25, -0.2) is 4.68 Å². The number of aromatic amines is 1. The first kappa shape index (κ1) is 27.5. The Balaban J connectivity index is 1.70. The molecule has 5 aromatic rings. The zero-order valence-electron chi connectivity index (χ0n) is 24.2. The summed E-state index contributed by atoms with van der Waals surface area (Å²) in [4.78, 5) is 19.3. The molecule has 0 spiro atoms. The van der Waals surface area contributed by atoms with Crippen LogP contribution in [-0.4, -0.2) is 30.1 Å². The number of tetrazole rings is 1. The molecule has 0 aliphatic rings. The minimum atomic E-state index is -0.492. The SMILES string of the molecule is Cc1ccc2cc([C@H](c3nnnn3C(C)(C)C)N(Cc3ccccc3)Cc3ccc(C(C)C)cc3)c(=O)[nH]c2c1. The number of hydrogen-bond donors (Lipinski definition) is 1. The van der Waals surface area contributed by atoms with E-state index in [1.807, 2.05) is 41.9 Å². The fourth-order valence-electron chi connectivity index (χ4n) is 5.18. The van der Waals surface area contributed by atoms with Gasteiger partial charge < -0.3 is 4.98 Å². The molecule has 7 nitrogen and oxygen atoms in total. The van der Waals surface area contributed by atoms with Crippen molar-refractivity contribution in [3.63, 3.8) is 0 Å². The smallest absolute Gasteiger partial charge is 0.253 e. The van der Waals surface area contributed by atoms with Crippen LogP contribution in [0.2, 0.25) is 0 Å². The molecule has 0 aliphatic heterocycles. The number of rotatable bonds is 8. The van der Waals surface area contributed by atoms with E-state index in [1.54, 1.807) is 0 Å². The Morgan fingerprint density at radius 2 is 1.57 bits per heavy atom. The van der Waals surface area contributed by atoms with Crippen LogP contribution in [0.15, 0.2) is 83.7 Å². The van der Waals surface area contributed by atoms with Crippen molar-refractivity contribution in [3.8, 4) is 0 Å². The highest BCUT2D eigenvalue weighted by Gasteiger charge is 2.33. The van der Waals surface area contributed by atoms with E-state index >= 15 is 0 Å². The van der Waals surface area contributed by atoms with Crippen LogP contribution in [0.5, 0.6) is 0 Å². The second-order valence-corrected chi connectivity index (χ2v) is 12.0. The topological polar surface area (TPSA) is 79.7 Å². The quantitative estimate of drug-likeness (QED) is 0.246. The fraction of sp³-hybridized carbons (Fsp3) is 0.333. The van der Waals surface area contributed by atoms with Gasteiger partial charge in [0.05, 0.1) is 5.54 Å². The van der Waals surface area contributed by atoms with Gasteiger partial charge in [0.25, 0.3) is 5.56 Å². The third-order valence-corrected chi connectivity index (χ3v) is 7.32. The van der Waals surface area contributed by atoms with Crippen molar-refractivity contribution in [2.45, 2.75) is 72.1 Å². The summed E-state index contributed by atoms with van der Waals surface area (Å²) < 4.78 is 1.84. The van der Waals surface area contributed by atoms with E-state index in [1.165, 1.54) is 5.56 Å². The first-order valence-electron chi connectivity index (χ1n) is 13.9. The van der Waals surface area contributed by atoms with Gasteiger partial charge in [-0.3, -0.25) is 9.69 Å². The molecule has 1 atom stereocenters. The van der Waals surface area contributed by atoms with Crippen molar-refractivity contribution in [2.24, 2.45) is 0 Å². The molecule has 2 aromatic heterocycles. The van der Waals surface area contributed by atoms with E-state index in [-0.39, 0.29) is 11.1 Å². The average Bonchev–Trinajstić information content (AvgIpc) is 3.40. The highest BCUT2D eigenvalue weighted by atomic mass is 16.1. The Bertz CT molecular complexity index is 1650. The van der Waals surface area contributed by atoms with Crippen LogP contribution in [0.3, 0.4) is 0 Å². The number of fused-ring (bicyclic) bond motifs is 1. The molecule has 7 heteroatoms. The van der Waals surface area contributed by atoms with Gasteiger partial charge in [0.15, 0.2) is 5.82 Å². The third kappa shape index (κ3) is 5.89. The Labute approximate surface area is 235 Å². The van der Waals surface area contributed by atoms with Gasteiger partial charge in [-0.05, 0) is 83.8 Å². The number of H-pyrrole nitrogens is 1. The summed E-state index contributed by atoms with van der Waals surface area (Å²) in [7, 11) is 0. The molecule has 0 aliphatic carbocycles. The van der Waals surface area contributed by atoms with Crippen molar-refractivity contribution in [2.75, 3.05) is 0 Å². The molecule has 0 fully saturated rings. The molecule has 0 saturated heterocycles. The molecule has 1 N–H and O–H groups in total. The van der Waals surface area contributed by atoms with Gasteiger partial charge in [0.1, 0.15) is 6.04 Å². The molecule has 206 valence electrons. The first-order valence-corrected chi connectivity index (χ1v) is 13.9. The number of pyridine rings is 1. The molecule has 0 unspecified atom stereocenters. The number of nitrogens with zero attached hydrogens (tertiary/aromatic N) is 5. The zero-order chi connectivity index (χ0) is 28.4. The van der Waals surface area contributed by atoms with E-state index in [4.69, 9.17) is 0 Å². The second-order valence-electron chi connectivity index (χ2n) is 12.0. The predicted molar refractivity (Wildman–Crippen MR) is 160 cm³/mol. The maximum atomic E-state index is 13.8. The number of aryl methyl sites for hydroxylation is 1. The second kappa shape index (κ2) is 11.2. The minimum absolute atomic E-state index is 0.139. The van der Waals surface area contributed by atoms with Crippen molar-refractivity contribution < 1.29 is 0 Å². The lowest BCUT2D eigenvalue weighted by Gasteiger charge is -2.33. The molecule has 5 rings (SSSR count). The average molecular weight is 535 g/mol. The lowest BCUT2D eigenvalue weighted by atomic mass is 9.98. The van der Waals surface area contributed by atoms with Crippen LogP contribution in [0.4, 0.5) is 0 Å². The number of aromatic nitrogens is 5. The van der Waals surface area contributed by atoms with Gasteiger partial charge in [-0.1, -0.05) is 80.6 Å². The molecule has 3 aromatic carbocycles. The van der Waals surface area contributed by atoms with E-state index in [0.717, 1.165) is 27.6 Å². The van der Waals surface area contributed by atoms with Crippen LogP contribution in [0.25, 0.3) is 10.9 Å². The molecular formula is C33H38N6O. The summed E-state index contributed by atoms with van der Waals surface area (Å²) >= 11 is 0. The van der Waals surface area contributed by atoms with Crippen LogP contribution < -0.4 is 5.56 Å². The number of nitrogens with one attached hydrogen (secondary N) is 1. The van der Waals surface area contributed by atoms with Crippen molar-refractivity contribution in [1.29, 1.82) is 0 Å². The Morgan fingerprint density at radius 1 is 0.900 bits per heavy atom. The van der Waals surface area contributed by atoms with E-state index in [0.29, 0.717) is 30.4 Å². The van der Waals surface area contributed by atoms with Crippen molar-refractivity contribution in [1.82, 2.24) is 30.1 Å². The lowest BCUT2D eigenvalue weighted by Crippen LogP contribution is -2.37. The zero-order valence-corrected chi connectivity index (χ0v) is 24.2. The lowest BCUT2D eigenvalue weighted by molar-refractivity contribution is 0.184. The predicted octanol–water partition coefficient (Wildman–Crippen LogP) is 6.49. The Morgan fingerprint density at radius 3 is 2.23 bits per heavy atom. The van der Waals surface area contributed by atoms with Gasteiger partial charge in [0, 0.05) is 24.2 Å². The summed E-state index contributed by atoms with van der Waals surface area (Å²) in [5.41, 5.74) is 5.62. The monoisotopic (exact) mass is 534 g/mol. The van der Waals surface area contributed by atoms with Crippen LogP contribution in [0.1, 0.15) is 80.2 Å². The molecule has 0 bridgehead atoms. The number of hydrogen-bond acceptors (Lipinski definition) is 5. The maximum Gasteiger partial charge on any atom is 0.253 e. The van der Waals surface area contributed by atoms with Crippen LogP contribution in [-0.2, 0) is 18.6 Å². The molecular weight excluding hydrogens is 496 g/mol. The van der Waals surface area contributed by atoms with Gasteiger partial charge >= 0.3 is 0 Å². The van der Waals surface area contributed by atoms with Crippen LogP contribution in [0, 0.1) is 6.92 Å². The largest absolute Gasteiger partial charge is 0.322 e. The number of benzene rings is 3. The van der Waals surface area contributed by atoms with Crippen molar-refractivity contribution in [3.05, 3.63) is 123 Å². The Hall–Kier alpha value is -4.10. The summed E-state index contributed by atoms with van der Waals surface area (Å²) in [5, 5.41) is 14.0. The highest BCUT2D eigenvalue weighted by molar-refractivity contribution is 5.79. The van der Waals surface area contributed by atoms with Gasteiger partial charge in [-0.2, -0.15) is 0 Å². The van der Waals surface area contributed by atoms with Crippen LogP contribution >= 0.6 is 0 Å². The first-order chi connectivity index (χ1) is 19.1. The highest BCUT2D eigenvalue weighted by Crippen LogP contribution is 2.32. The van der Waals surface area contributed by atoms with E-state index in [2.05, 4.69) is 109 Å². The van der Waals surface area contributed by atoms with E-state index < -0.39 is 6.04 Å². The minimum Gasteiger partial charge on any atom is -0.322 e. The van der Waals surface area contributed by atoms with Gasteiger partial charge in [-0.15, -0.1) is 5.10 Å². The van der Waals surface area contributed by atoms with E-state index in [9.17, 15) is 4.79 Å². The summed E-state index contributed by atoms with van der Waals surface area (Å²) in [6.07, 6.45) is 0. The standard InChI is InChI=1S/C33H38N6O/c1-22(2)26-16-13-25(14-17-26)21-38(20-24-10-8-7-9-11-24)30(31-35-36-37-39(31)33(4,5)6)28-19-27-15-12-23(3)18-29(27)34-32(28)40/h7-19,22,30H,20-21H2,1-6H3,(H,34,40)/t30-/m1/s1. The summed E-state index contributed by atoms with van der Waals surface area (Å²) in [6, 6.07) is 26.7.